The van der Waals surface area contributed by atoms with Crippen molar-refractivity contribution < 1.29 is 14.0 Å². The van der Waals surface area contributed by atoms with Crippen molar-refractivity contribution in [1.29, 1.82) is 0 Å². The van der Waals surface area contributed by atoms with Crippen LogP contribution in [0.1, 0.15) is 30.1 Å². The van der Waals surface area contributed by atoms with Gasteiger partial charge in [-0.15, -0.1) is 0 Å². The molecule has 0 unspecified atom stereocenters. The Balaban J connectivity index is 1.31. The molecule has 0 aliphatic carbocycles. The van der Waals surface area contributed by atoms with E-state index in [1.807, 2.05) is 31.4 Å². The zero-order valence-corrected chi connectivity index (χ0v) is 20.0. The molecule has 2 N–H and O–H groups in total. The normalized spacial score (nSPS) is 15.8. The van der Waals surface area contributed by atoms with Gasteiger partial charge in [0.1, 0.15) is 0 Å². The number of hydrogen-bond donors (Lipinski definition) is 2. The van der Waals surface area contributed by atoms with Crippen LogP contribution in [0, 0.1) is 5.95 Å². The van der Waals surface area contributed by atoms with Gasteiger partial charge in [0.15, 0.2) is 0 Å². The van der Waals surface area contributed by atoms with E-state index in [0.29, 0.717) is 11.7 Å². The summed E-state index contributed by atoms with van der Waals surface area (Å²) < 4.78 is 16.1. The van der Waals surface area contributed by atoms with Crippen LogP contribution in [0.5, 0.6) is 0 Å². The summed E-state index contributed by atoms with van der Waals surface area (Å²) in [7, 11) is 1.84. The molecule has 4 heterocycles. The minimum absolute atomic E-state index is 0.128. The number of hydrogen-bond acceptors (Lipinski definition) is 6. The quantitative estimate of drug-likeness (QED) is 0.401. The number of carbonyl (C=O) groups is 2. The van der Waals surface area contributed by atoms with E-state index in [0.717, 1.165) is 41.4 Å². The molecule has 1 aliphatic heterocycles. The molecule has 1 atom stereocenters. The van der Waals surface area contributed by atoms with Crippen LogP contribution in [-0.2, 0) is 11.8 Å². The number of carbonyl (C=O) groups excluding carboxylic acids is 2. The zero-order chi connectivity index (χ0) is 25.2. The summed E-state index contributed by atoms with van der Waals surface area (Å²) in [5.41, 5.74) is 3.06. The monoisotopic (exact) mass is 487 g/mol. The second-order valence-electron chi connectivity index (χ2n) is 9.06. The fourth-order valence-electron chi connectivity index (χ4n) is 4.42. The summed E-state index contributed by atoms with van der Waals surface area (Å²) in [6.45, 7) is 3.22. The van der Waals surface area contributed by atoms with E-state index >= 15 is 0 Å². The Kier molecular flexibility index (Phi) is 6.43. The van der Waals surface area contributed by atoms with Gasteiger partial charge in [0.2, 0.25) is 11.9 Å². The summed E-state index contributed by atoms with van der Waals surface area (Å²) in [5.74, 6) is -1.59. The summed E-state index contributed by atoms with van der Waals surface area (Å²) in [6.07, 6.45) is 8.47. The number of nitrogens with one attached hydrogen (secondary N) is 2. The fourth-order valence-corrected chi connectivity index (χ4v) is 4.42. The zero-order valence-electron chi connectivity index (χ0n) is 20.0. The van der Waals surface area contributed by atoms with Gasteiger partial charge in [-0.25, -0.2) is 4.98 Å². The average Bonchev–Trinajstić information content (AvgIpc) is 3.48. The van der Waals surface area contributed by atoms with E-state index < -0.39 is 11.9 Å². The third-order valence-electron chi connectivity index (χ3n) is 6.39. The van der Waals surface area contributed by atoms with Gasteiger partial charge in [-0.1, -0.05) is 6.07 Å². The molecule has 36 heavy (non-hydrogen) atoms. The van der Waals surface area contributed by atoms with E-state index in [9.17, 15) is 14.0 Å². The highest BCUT2D eigenvalue weighted by Crippen LogP contribution is 2.25. The Morgan fingerprint density at radius 2 is 1.94 bits per heavy atom. The standard InChI is InChI=1S/C26H26FN7O2/c1-16-4-3-7-34(16)15-24(35)31-21-10-23(25(27)29-13-21)32-26(36)19-9-18-8-17(5-6-22(18)28-11-19)20-12-30-33(2)14-20/h5-6,8-14,16H,3-4,7,15H2,1-2H3,(H,31,35)(H,32,36)/t16-/m0/s1. The maximum absolute atomic E-state index is 14.4. The second kappa shape index (κ2) is 9.82. The number of aryl methyl sites for hydroxylation is 1. The van der Waals surface area contributed by atoms with Gasteiger partial charge in [-0.2, -0.15) is 9.49 Å². The van der Waals surface area contributed by atoms with Crippen molar-refractivity contribution in [3.8, 4) is 11.1 Å². The van der Waals surface area contributed by atoms with E-state index in [-0.39, 0.29) is 23.7 Å². The van der Waals surface area contributed by atoms with Crippen molar-refractivity contribution in [3.05, 3.63) is 66.6 Å². The number of nitrogens with zero attached hydrogens (tertiary/aromatic N) is 5. The number of aromatic nitrogens is 4. The van der Waals surface area contributed by atoms with Crippen LogP contribution >= 0.6 is 0 Å². The Morgan fingerprint density at radius 1 is 1.08 bits per heavy atom. The molecule has 1 saturated heterocycles. The van der Waals surface area contributed by atoms with Crippen molar-refractivity contribution >= 4 is 34.1 Å². The summed E-state index contributed by atoms with van der Waals surface area (Å²) in [4.78, 5) is 35.5. The first-order valence-corrected chi connectivity index (χ1v) is 11.8. The highest BCUT2D eigenvalue weighted by molar-refractivity contribution is 6.06. The number of likely N-dealkylation sites (tertiary alicyclic amines) is 1. The smallest absolute Gasteiger partial charge is 0.257 e. The predicted molar refractivity (Wildman–Crippen MR) is 135 cm³/mol. The molecule has 1 aromatic carbocycles. The van der Waals surface area contributed by atoms with Crippen LogP contribution in [0.2, 0.25) is 0 Å². The highest BCUT2D eigenvalue weighted by Gasteiger charge is 2.22. The van der Waals surface area contributed by atoms with Crippen LogP contribution in [0.15, 0.2) is 55.1 Å². The molecule has 5 rings (SSSR count). The van der Waals surface area contributed by atoms with Gasteiger partial charge in [0.05, 0.1) is 41.4 Å². The summed E-state index contributed by atoms with van der Waals surface area (Å²) in [6, 6.07) is 9.16. The maximum atomic E-state index is 14.4. The van der Waals surface area contributed by atoms with Crippen molar-refractivity contribution in [3.63, 3.8) is 0 Å². The van der Waals surface area contributed by atoms with Crippen molar-refractivity contribution in [2.75, 3.05) is 23.7 Å². The third-order valence-corrected chi connectivity index (χ3v) is 6.39. The Bertz CT molecular complexity index is 1450. The van der Waals surface area contributed by atoms with Crippen LogP contribution in [0.25, 0.3) is 22.0 Å². The molecule has 1 aliphatic rings. The second-order valence-corrected chi connectivity index (χ2v) is 9.06. The molecular weight excluding hydrogens is 461 g/mol. The number of fused-ring (bicyclic) bond motifs is 1. The van der Waals surface area contributed by atoms with E-state index in [2.05, 4.69) is 37.5 Å². The van der Waals surface area contributed by atoms with E-state index in [4.69, 9.17) is 0 Å². The molecular formula is C26H26FN7O2. The molecule has 3 aromatic heterocycles. The molecule has 10 heteroatoms. The van der Waals surface area contributed by atoms with Gasteiger partial charge in [-0.3, -0.25) is 24.2 Å². The molecule has 4 aromatic rings. The SMILES string of the molecule is C[C@H]1CCCN1CC(=O)Nc1cnc(F)c(NC(=O)c2cnc3ccc(-c4cnn(C)c4)cc3c2)c1. The first-order chi connectivity index (χ1) is 17.4. The molecule has 0 radical (unpaired) electrons. The summed E-state index contributed by atoms with van der Waals surface area (Å²) >= 11 is 0. The maximum Gasteiger partial charge on any atom is 0.257 e. The van der Waals surface area contributed by atoms with Gasteiger partial charge in [0, 0.05) is 36.4 Å². The van der Waals surface area contributed by atoms with Crippen LogP contribution < -0.4 is 10.6 Å². The molecule has 0 spiro atoms. The average molecular weight is 488 g/mol. The lowest BCUT2D eigenvalue weighted by Gasteiger charge is -2.20. The molecule has 0 saturated carbocycles. The van der Waals surface area contributed by atoms with Crippen molar-refractivity contribution in [1.82, 2.24) is 24.6 Å². The van der Waals surface area contributed by atoms with Gasteiger partial charge in [0.25, 0.3) is 5.91 Å². The van der Waals surface area contributed by atoms with Gasteiger partial charge >= 0.3 is 0 Å². The van der Waals surface area contributed by atoms with Gasteiger partial charge in [-0.05, 0) is 56.1 Å². The van der Waals surface area contributed by atoms with Gasteiger partial charge < -0.3 is 10.6 Å². The van der Waals surface area contributed by atoms with Crippen molar-refractivity contribution in [2.24, 2.45) is 7.05 Å². The number of pyridine rings is 2. The van der Waals surface area contributed by atoms with Crippen LogP contribution in [-0.4, -0.2) is 55.6 Å². The fraction of sp³-hybridized carbons (Fsp3) is 0.269. The molecule has 0 bridgehead atoms. The van der Waals surface area contributed by atoms with E-state index in [1.54, 1.807) is 16.9 Å². The topological polar surface area (TPSA) is 105 Å². The Hall–Kier alpha value is -4.18. The number of rotatable bonds is 6. The number of halogens is 1. The van der Waals surface area contributed by atoms with Crippen LogP contribution in [0.4, 0.5) is 15.8 Å². The molecule has 1 fully saturated rings. The van der Waals surface area contributed by atoms with Crippen LogP contribution in [0.3, 0.4) is 0 Å². The first kappa shape index (κ1) is 23.6. The highest BCUT2D eigenvalue weighted by atomic mass is 19.1. The van der Waals surface area contributed by atoms with Crippen molar-refractivity contribution in [2.45, 2.75) is 25.8 Å². The lowest BCUT2D eigenvalue weighted by molar-refractivity contribution is -0.117. The lowest BCUT2D eigenvalue weighted by Crippen LogP contribution is -2.35. The molecule has 2 amide bonds. The Morgan fingerprint density at radius 3 is 2.69 bits per heavy atom. The molecule has 184 valence electrons. The third kappa shape index (κ3) is 5.08. The first-order valence-electron chi connectivity index (χ1n) is 11.8. The minimum Gasteiger partial charge on any atom is -0.324 e. The summed E-state index contributed by atoms with van der Waals surface area (Å²) in [5, 5.41) is 10.2. The number of benzene rings is 1. The van der Waals surface area contributed by atoms with E-state index in [1.165, 1.54) is 18.5 Å². The number of amides is 2. The predicted octanol–water partition coefficient (Wildman–Crippen LogP) is 3.84. The lowest BCUT2D eigenvalue weighted by atomic mass is 10.1. The minimum atomic E-state index is -0.845. The Labute approximate surface area is 207 Å². The molecule has 9 nitrogen and oxygen atoms in total. The largest absolute Gasteiger partial charge is 0.324 e. The number of anilines is 2.